The first-order chi connectivity index (χ1) is 9.88. The Balaban J connectivity index is 2.00. The first kappa shape index (κ1) is 16.1. The standard InChI is InChI=1S/C15H21NO4S/c1-12(17)13-3-5-14(6-4-13)21(18,19)16-11-15(7-8-15)9-10-20-2/h3-6,16H,7-11H2,1-2H3. The Bertz CT molecular complexity index is 603. The molecule has 1 aliphatic carbocycles. The fourth-order valence-electron chi connectivity index (χ4n) is 2.21. The maximum Gasteiger partial charge on any atom is 0.240 e. The predicted molar refractivity (Wildman–Crippen MR) is 79.8 cm³/mol. The van der Waals surface area contributed by atoms with Crippen LogP contribution in [0.4, 0.5) is 0 Å². The molecule has 116 valence electrons. The topological polar surface area (TPSA) is 72.5 Å². The number of nitrogens with one attached hydrogen (secondary N) is 1. The van der Waals surface area contributed by atoms with Crippen LogP contribution in [0, 0.1) is 5.41 Å². The SMILES string of the molecule is COCCC1(CNS(=O)(=O)c2ccc(C(C)=O)cc2)CC1. The number of carbonyl (C=O) groups is 1. The Kier molecular flexibility index (Phi) is 4.81. The van der Waals surface area contributed by atoms with Crippen LogP contribution in [0.5, 0.6) is 0 Å². The number of hydrogen-bond donors (Lipinski definition) is 1. The second-order valence-corrected chi connectivity index (χ2v) is 7.41. The van der Waals surface area contributed by atoms with Gasteiger partial charge in [0.25, 0.3) is 0 Å². The van der Waals surface area contributed by atoms with Crippen molar-refractivity contribution in [2.24, 2.45) is 5.41 Å². The highest BCUT2D eigenvalue weighted by molar-refractivity contribution is 7.89. The lowest BCUT2D eigenvalue weighted by atomic mass is 10.0. The highest BCUT2D eigenvalue weighted by atomic mass is 32.2. The van der Waals surface area contributed by atoms with Crippen LogP contribution in [0.2, 0.25) is 0 Å². The average molecular weight is 311 g/mol. The number of ketones is 1. The molecular weight excluding hydrogens is 290 g/mol. The maximum atomic E-state index is 12.2. The smallest absolute Gasteiger partial charge is 0.240 e. The fraction of sp³-hybridized carbons (Fsp3) is 0.533. The first-order valence-corrected chi connectivity index (χ1v) is 8.46. The Labute approximate surface area is 125 Å². The molecule has 0 spiro atoms. The molecule has 6 heteroatoms. The number of carbonyl (C=O) groups excluding carboxylic acids is 1. The Hall–Kier alpha value is -1.24. The summed E-state index contributed by atoms with van der Waals surface area (Å²) < 4.78 is 32.2. The average Bonchev–Trinajstić information content (AvgIpc) is 3.24. The van der Waals surface area contributed by atoms with E-state index in [4.69, 9.17) is 4.74 Å². The van der Waals surface area contributed by atoms with Gasteiger partial charge in [0, 0.05) is 25.8 Å². The zero-order valence-electron chi connectivity index (χ0n) is 12.4. The van der Waals surface area contributed by atoms with Crippen molar-refractivity contribution in [3.8, 4) is 0 Å². The Morgan fingerprint density at radius 3 is 2.38 bits per heavy atom. The summed E-state index contributed by atoms with van der Waals surface area (Å²) >= 11 is 0. The van der Waals surface area contributed by atoms with E-state index in [1.54, 1.807) is 7.11 Å². The molecule has 1 saturated carbocycles. The first-order valence-electron chi connectivity index (χ1n) is 6.98. The van der Waals surface area contributed by atoms with E-state index in [2.05, 4.69) is 4.72 Å². The van der Waals surface area contributed by atoms with E-state index in [1.807, 2.05) is 0 Å². The minimum atomic E-state index is -3.52. The summed E-state index contributed by atoms with van der Waals surface area (Å²) in [6.45, 7) is 2.54. The van der Waals surface area contributed by atoms with E-state index in [0.29, 0.717) is 18.7 Å². The maximum absolute atomic E-state index is 12.2. The molecular formula is C15H21NO4S. The lowest BCUT2D eigenvalue weighted by Crippen LogP contribution is -2.31. The van der Waals surface area contributed by atoms with Crippen LogP contribution in [-0.2, 0) is 14.8 Å². The molecule has 1 aliphatic rings. The summed E-state index contributed by atoms with van der Waals surface area (Å²) in [5.74, 6) is -0.0802. The number of hydrogen-bond acceptors (Lipinski definition) is 4. The molecule has 0 saturated heterocycles. The van der Waals surface area contributed by atoms with E-state index in [9.17, 15) is 13.2 Å². The van der Waals surface area contributed by atoms with Gasteiger partial charge in [-0.1, -0.05) is 12.1 Å². The van der Waals surface area contributed by atoms with E-state index in [1.165, 1.54) is 31.2 Å². The second-order valence-electron chi connectivity index (χ2n) is 5.65. The van der Waals surface area contributed by atoms with Gasteiger partial charge in [-0.05, 0) is 43.7 Å². The van der Waals surface area contributed by atoms with Crippen LogP contribution >= 0.6 is 0 Å². The zero-order valence-corrected chi connectivity index (χ0v) is 13.2. The highest BCUT2D eigenvalue weighted by Crippen LogP contribution is 2.48. The molecule has 1 N–H and O–H groups in total. The van der Waals surface area contributed by atoms with Crippen LogP contribution < -0.4 is 4.72 Å². The third-order valence-corrected chi connectivity index (χ3v) is 5.42. The van der Waals surface area contributed by atoms with Crippen molar-refractivity contribution in [3.63, 3.8) is 0 Å². The number of sulfonamides is 1. The van der Waals surface area contributed by atoms with Crippen molar-refractivity contribution in [3.05, 3.63) is 29.8 Å². The highest BCUT2D eigenvalue weighted by Gasteiger charge is 2.42. The van der Waals surface area contributed by atoms with Crippen LogP contribution in [-0.4, -0.2) is 34.5 Å². The van der Waals surface area contributed by atoms with Gasteiger partial charge in [0.2, 0.25) is 10.0 Å². The molecule has 0 aromatic heterocycles. The Morgan fingerprint density at radius 2 is 1.90 bits per heavy atom. The van der Waals surface area contributed by atoms with Crippen LogP contribution in [0.3, 0.4) is 0 Å². The second kappa shape index (κ2) is 6.25. The van der Waals surface area contributed by atoms with Gasteiger partial charge < -0.3 is 4.74 Å². The molecule has 1 aromatic carbocycles. The third-order valence-electron chi connectivity index (χ3n) is 4.00. The largest absolute Gasteiger partial charge is 0.385 e. The van der Waals surface area contributed by atoms with Gasteiger partial charge in [0.05, 0.1) is 4.90 Å². The normalized spacial score (nSPS) is 16.7. The molecule has 0 heterocycles. The van der Waals surface area contributed by atoms with Crippen LogP contribution in [0.25, 0.3) is 0 Å². The molecule has 0 unspecified atom stereocenters. The summed E-state index contributed by atoms with van der Waals surface area (Å²) in [5, 5.41) is 0. The molecule has 1 fully saturated rings. The number of methoxy groups -OCH3 is 1. The number of Topliss-reactive ketones (excluding diaryl/α,β-unsaturated/α-hetero) is 1. The lowest BCUT2D eigenvalue weighted by Gasteiger charge is -2.15. The molecule has 0 amide bonds. The molecule has 0 bridgehead atoms. The van der Waals surface area contributed by atoms with Crippen molar-refractivity contribution >= 4 is 15.8 Å². The van der Waals surface area contributed by atoms with Gasteiger partial charge in [-0.15, -0.1) is 0 Å². The van der Waals surface area contributed by atoms with Crippen molar-refractivity contribution in [1.82, 2.24) is 4.72 Å². The number of benzene rings is 1. The number of ether oxygens (including phenoxy) is 1. The van der Waals surface area contributed by atoms with Gasteiger partial charge in [-0.25, -0.2) is 13.1 Å². The third kappa shape index (κ3) is 4.12. The van der Waals surface area contributed by atoms with Gasteiger partial charge >= 0.3 is 0 Å². The summed E-state index contributed by atoms with van der Waals surface area (Å²) in [6.07, 6.45) is 2.93. The van der Waals surface area contributed by atoms with Gasteiger partial charge in [-0.3, -0.25) is 4.79 Å². The van der Waals surface area contributed by atoms with Crippen molar-refractivity contribution in [2.45, 2.75) is 31.1 Å². The molecule has 5 nitrogen and oxygen atoms in total. The molecule has 2 rings (SSSR count). The fourth-order valence-corrected chi connectivity index (χ4v) is 3.37. The Morgan fingerprint density at radius 1 is 1.29 bits per heavy atom. The quantitative estimate of drug-likeness (QED) is 0.745. The van der Waals surface area contributed by atoms with Gasteiger partial charge in [0.1, 0.15) is 0 Å². The molecule has 1 aromatic rings. The molecule has 0 atom stereocenters. The van der Waals surface area contributed by atoms with Crippen molar-refractivity contribution in [1.29, 1.82) is 0 Å². The van der Waals surface area contributed by atoms with Gasteiger partial charge in [-0.2, -0.15) is 0 Å². The molecule has 0 radical (unpaired) electrons. The molecule has 21 heavy (non-hydrogen) atoms. The minimum absolute atomic E-state index is 0.0579. The lowest BCUT2D eigenvalue weighted by molar-refractivity contribution is 0.101. The summed E-state index contributed by atoms with van der Waals surface area (Å²) in [6, 6.07) is 6.00. The van der Waals surface area contributed by atoms with Crippen molar-refractivity contribution < 1.29 is 17.9 Å². The summed E-state index contributed by atoms with van der Waals surface area (Å²) in [5.41, 5.74) is 0.565. The predicted octanol–water partition coefficient (Wildman–Crippen LogP) is 1.98. The van der Waals surface area contributed by atoms with Crippen molar-refractivity contribution in [2.75, 3.05) is 20.3 Å². The monoisotopic (exact) mass is 311 g/mol. The number of rotatable bonds is 8. The van der Waals surface area contributed by atoms with E-state index in [0.717, 1.165) is 19.3 Å². The van der Waals surface area contributed by atoms with E-state index < -0.39 is 10.0 Å². The van der Waals surface area contributed by atoms with Crippen LogP contribution in [0.1, 0.15) is 36.5 Å². The summed E-state index contributed by atoms with van der Waals surface area (Å²) in [4.78, 5) is 11.4. The summed E-state index contributed by atoms with van der Waals surface area (Å²) in [7, 11) is -1.87. The van der Waals surface area contributed by atoms with E-state index >= 15 is 0 Å². The minimum Gasteiger partial charge on any atom is -0.385 e. The van der Waals surface area contributed by atoms with Gasteiger partial charge in [0.15, 0.2) is 5.78 Å². The molecule has 0 aliphatic heterocycles. The van der Waals surface area contributed by atoms with E-state index in [-0.39, 0.29) is 16.1 Å². The zero-order chi connectivity index (χ0) is 15.5. The van der Waals surface area contributed by atoms with Crippen LogP contribution in [0.15, 0.2) is 29.2 Å².